The van der Waals surface area contributed by atoms with Gasteiger partial charge in [-0.1, -0.05) is 12.1 Å². The van der Waals surface area contributed by atoms with Crippen molar-refractivity contribution in [1.29, 1.82) is 0 Å². The number of rotatable bonds is 4. The number of nitrogens with zero attached hydrogens (tertiary/aromatic N) is 2. The molecule has 3 heterocycles. The normalized spacial score (nSPS) is 15.1. The van der Waals surface area contributed by atoms with Crippen LogP contribution in [0.3, 0.4) is 0 Å². The maximum Gasteiger partial charge on any atom is 0.433 e. The summed E-state index contributed by atoms with van der Waals surface area (Å²) in [7, 11) is 0. The van der Waals surface area contributed by atoms with Gasteiger partial charge in [0.25, 0.3) is 5.91 Å². The predicted molar refractivity (Wildman–Crippen MR) is 121 cm³/mol. The van der Waals surface area contributed by atoms with Crippen molar-refractivity contribution in [3.05, 3.63) is 63.4 Å². The van der Waals surface area contributed by atoms with Gasteiger partial charge in [-0.05, 0) is 61.6 Å². The quantitative estimate of drug-likeness (QED) is 0.506. The van der Waals surface area contributed by atoms with Gasteiger partial charge in [-0.2, -0.15) is 13.2 Å². The second kappa shape index (κ2) is 9.32. The van der Waals surface area contributed by atoms with E-state index in [1.807, 2.05) is 0 Å². The number of hydrogen-bond acceptors (Lipinski definition) is 4. The van der Waals surface area contributed by atoms with E-state index < -0.39 is 11.9 Å². The Labute approximate surface area is 197 Å². The van der Waals surface area contributed by atoms with Gasteiger partial charge < -0.3 is 10.2 Å². The second-order valence-corrected chi connectivity index (χ2v) is 9.47. The van der Waals surface area contributed by atoms with Crippen molar-refractivity contribution in [1.82, 2.24) is 15.2 Å². The maximum absolute atomic E-state index is 13.7. The Hall–Kier alpha value is -3.01. The molecule has 2 amide bonds. The molecule has 1 saturated heterocycles. The number of hydrogen-bond donors (Lipinski definition) is 1. The summed E-state index contributed by atoms with van der Waals surface area (Å²) >= 11 is 0.959. The highest BCUT2D eigenvalue weighted by atomic mass is 32.1. The van der Waals surface area contributed by atoms with Crippen molar-refractivity contribution >= 4 is 33.4 Å². The summed E-state index contributed by atoms with van der Waals surface area (Å²) in [6.45, 7) is 4.33. The van der Waals surface area contributed by atoms with Gasteiger partial charge in [0.05, 0.1) is 4.88 Å². The highest BCUT2D eigenvalue weighted by molar-refractivity contribution is 7.20. The zero-order chi connectivity index (χ0) is 24.6. The van der Waals surface area contributed by atoms with Crippen LogP contribution in [0.25, 0.3) is 10.2 Å². The second-order valence-electron chi connectivity index (χ2n) is 8.47. The average Bonchev–Trinajstić information content (AvgIpc) is 3.14. The van der Waals surface area contributed by atoms with Crippen molar-refractivity contribution in [3.63, 3.8) is 0 Å². The molecule has 0 radical (unpaired) electrons. The van der Waals surface area contributed by atoms with Gasteiger partial charge in [-0.15, -0.1) is 11.3 Å². The summed E-state index contributed by atoms with van der Waals surface area (Å²) in [6.07, 6.45) is -3.60. The van der Waals surface area contributed by atoms with E-state index in [2.05, 4.69) is 10.3 Å². The van der Waals surface area contributed by atoms with Crippen LogP contribution < -0.4 is 5.32 Å². The number of carbonyl (C=O) groups is 2. The molecule has 0 aliphatic carbocycles. The molecule has 2 aromatic heterocycles. The Morgan fingerprint density at radius 1 is 1.15 bits per heavy atom. The zero-order valence-corrected chi connectivity index (χ0v) is 19.4. The Kier molecular flexibility index (Phi) is 6.62. The molecule has 0 atom stereocenters. The van der Waals surface area contributed by atoms with Gasteiger partial charge >= 0.3 is 6.18 Å². The third-order valence-electron chi connectivity index (χ3n) is 6.14. The maximum atomic E-state index is 13.7. The minimum absolute atomic E-state index is 0.144. The molecule has 180 valence electrons. The first-order valence-electron chi connectivity index (χ1n) is 10.8. The summed E-state index contributed by atoms with van der Waals surface area (Å²) in [5.41, 5.74) is 0.834. The first-order chi connectivity index (χ1) is 16.0. The van der Waals surface area contributed by atoms with Gasteiger partial charge in [-0.25, -0.2) is 9.37 Å². The van der Waals surface area contributed by atoms with Gasteiger partial charge in [0.1, 0.15) is 16.3 Å². The molecule has 0 spiro atoms. The number of aromatic nitrogens is 1. The van der Waals surface area contributed by atoms with E-state index in [1.165, 1.54) is 12.1 Å². The number of alkyl halides is 3. The van der Waals surface area contributed by atoms with Crippen molar-refractivity contribution in [2.24, 2.45) is 5.92 Å². The monoisotopic (exact) mass is 493 g/mol. The molecule has 1 aromatic carbocycles. The Balaban J connectivity index is 1.37. The number of piperidine rings is 1. The molecule has 0 saturated carbocycles. The third kappa shape index (κ3) is 4.91. The Morgan fingerprint density at radius 2 is 1.85 bits per heavy atom. The number of nitrogens with one attached hydrogen (secondary N) is 1. The first kappa shape index (κ1) is 24.1. The van der Waals surface area contributed by atoms with Crippen molar-refractivity contribution < 1.29 is 27.2 Å². The minimum atomic E-state index is -4.55. The smallest absolute Gasteiger partial charge is 0.352 e. The molecular weight excluding hydrogens is 470 g/mol. The van der Waals surface area contributed by atoms with Crippen LogP contribution in [0.1, 0.15) is 44.9 Å². The number of likely N-dealkylation sites (tertiary alicyclic amines) is 1. The molecule has 1 aliphatic rings. The number of fused-ring (bicyclic) bond motifs is 1. The summed E-state index contributed by atoms with van der Waals surface area (Å²) in [5, 5.41) is 3.36. The standard InChI is InChI=1S/C24H23F4N3O2S/c1-13-3-4-15(11-18(13)25)12-29-21(32)16-7-9-31(10-8-16)23(33)20-14(2)17-5-6-19(24(26,27)28)30-22(17)34-20/h3-6,11,16H,7-10,12H2,1-2H3,(H,29,32). The van der Waals surface area contributed by atoms with Crippen LogP contribution in [0, 0.1) is 25.6 Å². The van der Waals surface area contributed by atoms with Crippen molar-refractivity contribution in [3.8, 4) is 0 Å². The highest BCUT2D eigenvalue weighted by Crippen LogP contribution is 2.35. The zero-order valence-electron chi connectivity index (χ0n) is 18.6. The van der Waals surface area contributed by atoms with Crippen LogP contribution in [0.2, 0.25) is 0 Å². The molecule has 0 unspecified atom stereocenters. The van der Waals surface area contributed by atoms with E-state index in [-0.39, 0.29) is 34.9 Å². The van der Waals surface area contributed by atoms with Crippen molar-refractivity contribution in [2.45, 2.75) is 39.4 Å². The molecule has 1 N–H and O–H groups in total. The lowest BCUT2D eigenvalue weighted by molar-refractivity contribution is -0.141. The van der Waals surface area contributed by atoms with Crippen LogP contribution in [-0.2, 0) is 17.5 Å². The number of halogens is 4. The van der Waals surface area contributed by atoms with E-state index in [0.29, 0.717) is 52.9 Å². The summed E-state index contributed by atoms with van der Waals surface area (Å²) in [6, 6.07) is 7.10. The minimum Gasteiger partial charge on any atom is -0.352 e. The van der Waals surface area contributed by atoms with E-state index in [0.717, 1.165) is 17.4 Å². The fourth-order valence-electron chi connectivity index (χ4n) is 4.03. The Morgan fingerprint density at radius 3 is 2.50 bits per heavy atom. The van der Waals surface area contributed by atoms with Gasteiger partial charge in [-0.3, -0.25) is 9.59 Å². The lowest BCUT2D eigenvalue weighted by atomic mass is 9.95. The fraction of sp³-hybridized carbons (Fsp3) is 0.375. The SMILES string of the molecule is Cc1ccc(CNC(=O)C2CCN(C(=O)c3sc4nc(C(F)(F)F)ccc4c3C)CC2)cc1F. The van der Waals surface area contributed by atoms with E-state index >= 15 is 0 Å². The number of pyridine rings is 1. The fourth-order valence-corrected chi connectivity index (χ4v) is 5.18. The molecule has 10 heteroatoms. The third-order valence-corrected chi connectivity index (χ3v) is 7.33. The van der Waals surface area contributed by atoms with Gasteiger partial charge in [0.2, 0.25) is 5.91 Å². The number of aryl methyl sites for hydroxylation is 2. The van der Waals surface area contributed by atoms with Crippen LogP contribution in [0.5, 0.6) is 0 Å². The molecule has 1 fully saturated rings. The van der Waals surface area contributed by atoms with Crippen LogP contribution in [0.15, 0.2) is 30.3 Å². The molecule has 5 nitrogen and oxygen atoms in total. The number of thiophene rings is 1. The van der Waals surface area contributed by atoms with Gasteiger partial charge in [0.15, 0.2) is 0 Å². The largest absolute Gasteiger partial charge is 0.433 e. The first-order valence-corrected chi connectivity index (χ1v) is 11.7. The molecule has 1 aliphatic heterocycles. The number of carbonyl (C=O) groups excluding carboxylic acids is 2. The van der Waals surface area contributed by atoms with Gasteiger partial charge in [0, 0.05) is 30.9 Å². The molecule has 0 bridgehead atoms. The molecular formula is C24H23F4N3O2S. The summed E-state index contributed by atoms with van der Waals surface area (Å²) in [4.78, 5) is 31.5. The average molecular weight is 494 g/mol. The van der Waals surface area contributed by atoms with Crippen LogP contribution >= 0.6 is 11.3 Å². The van der Waals surface area contributed by atoms with E-state index in [1.54, 1.807) is 30.9 Å². The Bertz CT molecular complexity index is 1250. The molecule has 3 aromatic rings. The van der Waals surface area contributed by atoms with E-state index in [4.69, 9.17) is 0 Å². The van der Waals surface area contributed by atoms with E-state index in [9.17, 15) is 27.2 Å². The predicted octanol–water partition coefficient (Wildman–Crippen LogP) is 5.24. The molecule has 34 heavy (non-hydrogen) atoms. The highest BCUT2D eigenvalue weighted by Gasteiger charge is 2.34. The van der Waals surface area contributed by atoms with Crippen LogP contribution in [0.4, 0.5) is 17.6 Å². The lowest BCUT2D eigenvalue weighted by Crippen LogP contribution is -2.42. The van der Waals surface area contributed by atoms with Crippen LogP contribution in [-0.4, -0.2) is 34.8 Å². The van der Waals surface area contributed by atoms with Crippen molar-refractivity contribution in [2.75, 3.05) is 13.1 Å². The molecule has 4 rings (SSSR count). The number of benzene rings is 1. The number of amides is 2. The summed E-state index contributed by atoms with van der Waals surface area (Å²) < 4.78 is 52.6. The lowest BCUT2D eigenvalue weighted by Gasteiger charge is -2.31. The topological polar surface area (TPSA) is 62.3 Å². The summed E-state index contributed by atoms with van der Waals surface area (Å²) in [5.74, 6) is -0.989.